The molecule has 0 aromatic heterocycles. The summed E-state index contributed by atoms with van der Waals surface area (Å²) in [5.41, 5.74) is -0.526. The van der Waals surface area contributed by atoms with Crippen molar-refractivity contribution in [2.75, 3.05) is 26.2 Å². The summed E-state index contributed by atoms with van der Waals surface area (Å²) in [6.07, 6.45) is -0.337. The molecule has 8 heteroatoms. The van der Waals surface area contributed by atoms with Crippen molar-refractivity contribution in [3.63, 3.8) is 0 Å². The number of carbonyl (C=O) groups is 3. The summed E-state index contributed by atoms with van der Waals surface area (Å²) < 4.78 is 11.7. The maximum absolute atomic E-state index is 13.0. The average molecular weight is 423 g/mol. The van der Waals surface area contributed by atoms with Gasteiger partial charge in [-0.15, -0.1) is 0 Å². The van der Waals surface area contributed by atoms with Crippen LogP contribution in [0.3, 0.4) is 0 Å². The van der Waals surface area contributed by atoms with Gasteiger partial charge < -0.3 is 19.7 Å². The summed E-state index contributed by atoms with van der Waals surface area (Å²) in [5.74, 6) is 0.535. The highest BCUT2D eigenvalue weighted by molar-refractivity contribution is 6.09. The molecule has 1 saturated heterocycles. The van der Waals surface area contributed by atoms with Crippen molar-refractivity contribution in [1.82, 2.24) is 15.1 Å². The number of carbonyl (C=O) groups excluding carboxylic acids is 3. The second kappa shape index (κ2) is 8.29. The summed E-state index contributed by atoms with van der Waals surface area (Å²) in [4.78, 5) is 41.1. The fourth-order valence-electron chi connectivity index (χ4n) is 3.85. The highest BCUT2D eigenvalue weighted by atomic mass is 16.6. The second-order valence-electron chi connectivity index (χ2n) is 7.74. The highest BCUT2D eigenvalue weighted by Gasteiger charge is 2.49. The van der Waals surface area contributed by atoms with Crippen LogP contribution < -0.4 is 14.8 Å². The number of nitrogens with zero attached hydrogens (tertiary/aromatic N) is 2. The standard InChI is InChI=1S/C23H25N3O5/c1-3-25(13-17-15-30-18-11-7-8-12-19(18)31-17)20(27)14-26-21(28)23(2,24-22(26)29)16-9-5-4-6-10-16/h4-12,17H,3,13-15H2,1-2H3,(H,24,29)/t17-,23-/m0/s1. The van der Waals surface area contributed by atoms with Crippen LogP contribution >= 0.6 is 0 Å². The molecule has 2 aromatic carbocycles. The Morgan fingerprint density at radius 3 is 2.52 bits per heavy atom. The Labute approximate surface area is 180 Å². The lowest BCUT2D eigenvalue weighted by atomic mass is 9.92. The molecule has 0 bridgehead atoms. The van der Waals surface area contributed by atoms with Crippen LogP contribution in [0.5, 0.6) is 11.5 Å². The lowest BCUT2D eigenvalue weighted by molar-refractivity contribution is -0.139. The molecule has 2 aromatic rings. The SMILES string of the molecule is CCN(C[C@H]1COc2ccccc2O1)C(=O)CN1C(=O)N[C@@](C)(c2ccccc2)C1=O. The zero-order chi connectivity index (χ0) is 22.0. The van der Waals surface area contributed by atoms with Gasteiger partial charge in [0, 0.05) is 6.54 Å². The van der Waals surface area contributed by atoms with Gasteiger partial charge in [-0.3, -0.25) is 14.5 Å². The molecule has 0 aliphatic carbocycles. The molecule has 2 aliphatic rings. The molecule has 8 nitrogen and oxygen atoms in total. The van der Waals surface area contributed by atoms with Gasteiger partial charge in [-0.25, -0.2) is 4.79 Å². The van der Waals surface area contributed by atoms with Gasteiger partial charge in [0.1, 0.15) is 18.7 Å². The zero-order valence-corrected chi connectivity index (χ0v) is 17.5. The molecule has 2 aliphatic heterocycles. The van der Waals surface area contributed by atoms with E-state index >= 15 is 0 Å². The summed E-state index contributed by atoms with van der Waals surface area (Å²) in [5, 5.41) is 2.72. The van der Waals surface area contributed by atoms with E-state index in [0.29, 0.717) is 36.8 Å². The van der Waals surface area contributed by atoms with E-state index in [9.17, 15) is 14.4 Å². The number of nitrogens with one attached hydrogen (secondary N) is 1. The number of rotatable bonds is 6. The molecular formula is C23H25N3O5. The lowest BCUT2D eigenvalue weighted by Gasteiger charge is -2.31. The first-order valence-electron chi connectivity index (χ1n) is 10.3. The van der Waals surface area contributed by atoms with E-state index in [1.54, 1.807) is 36.1 Å². The van der Waals surface area contributed by atoms with Crippen LogP contribution in [-0.2, 0) is 15.1 Å². The van der Waals surface area contributed by atoms with E-state index in [2.05, 4.69) is 5.32 Å². The number of hydrogen-bond donors (Lipinski definition) is 1. The number of urea groups is 1. The Bertz CT molecular complexity index is 996. The topological polar surface area (TPSA) is 88.2 Å². The summed E-state index contributed by atoms with van der Waals surface area (Å²) >= 11 is 0. The molecule has 162 valence electrons. The summed E-state index contributed by atoms with van der Waals surface area (Å²) in [6.45, 7) is 4.19. The maximum atomic E-state index is 13.0. The first-order chi connectivity index (χ1) is 14.9. The first-order valence-corrected chi connectivity index (χ1v) is 10.3. The molecular weight excluding hydrogens is 398 g/mol. The number of fused-ring (bicyclic) bond motifs is 1. The van der Waals surface area contributed by atoms with E-state index in [-0.39, 0.29) is 18.6 Å². The van der Waals surface area contributed by atoms with Crippen molar-refractivity contribution in [2.24, 2.45) is 0 Å². The van der Waals surface area contributed by atoms with Crippen molar-refractivity contribution in [3.05, 3.63) is 60.2 Å². The van der Waals surface area contributed by atoms with Crippen molar-refractivity contribution in [1.29, 1.82) is 0 Å². The third kappa shape index (κ3) is 3.93. The molecule has 4 amide bonds. The van der Waals surface area contributed by atoms with Crippen molar-refractivity contribution >= 4 is 17.8 Å². The minimum absolute atomic E-state index is 0.295. The molecule has 4 rings (SSSR count). The smallest absolute Gasteiger partial charge is 0.325 e. The van der Waals surface area contributed by atoms with Crippen molar-refractivity contribution in [2.45, 2.75) is 25.5 Å². The number of amides is 4. The molecule has 31 heavy (non-hydrogen) atoms. The number of benzene rings is 2. The minimum atomic E-state index is -1.19. The van der Waals surface area contributed by atoms with Crippen LogP contribution in [0.4, 0.5) is 4.79 Å². The number of ether oxygens (including phenoxy) is 2. The van der Waals surface area contributed by atoms with E-state index in [4.69, 9.17) is 9.47 Å². The number of para-hydroxylation sites is 2. The zero-order valence-electron chi connectivity index (χ0n) is 17.5. The third-order valence-electron chi connectivity index (χ3n) is 5.65. The molecule has 1 N–H and O–H groups in total. The van der Waals surface area contributed by atoms with Gasteiger partial charge in [-0.05, 0) is 31.5 Å². The Hall–Kier alpha value is -3.55. The Morgan fingerprint density at radius 1 is 1.13 bits per heavy atom. The van der Waals surface area contributed by atoms with Crippen LogP contribution in [0.25, 0.3) is 0 Å². The molecule has 0 spiro atoms. The van der Waals surface area contributed by atoms with E-state index in [1.165, 1.54) is 0 Å². The first kappa shape index (κ1) is 20.7. The van der Waals surface area contributed by atoms with E-state index in [0.717, 1.165) is 4.90 Å². The summed E-state index contributed by atoms with van der Waals surface area (Å²) in [7, 11) is 0. The third-order valence-corrected chi connectivity index (χ3v) is 5.65. The monoisotopic (exact) mass is 423 g/mol. The molecule has 1 fully saturated rings. The molecule has 0 radical (unpaired) electrons. The Balaban J connectivity index is 1.42. The van der Waals surface area contributed by atoms with Crippen LogP contribution in [0, 0.1) is 0 Å². The molecule has 0 saturated carbocycles. The fraction of sp³-hybridized carbons (Fsp3) is 0.348. The quantitative estimate of drug-likeness (QED) is 0.720. The normalized spacial score (nSPS) is 22.3. The molecule has 0 unspecified atom stereocenters. The van der Waals surface area contributed by atoms with Gasteiger partial charge in [-0.2, -0.15) is 0 Å². The van der Waals surface area contributed by atoms with Crippen LogP contribution in [-0.4, -0.2) is 60.0 Å². The van der Waals surface area contributed by atoms with Gasteiger partial charge in [0.05, 0.1) is 6.54 Å². The molecule has 2 heterocycles. The Morgan fingerprint density at radius 2 is 1.81 bits per heavy atom. The average Bonchev–Trinajstić information content (AvgIpc) is 3.01. The summed E-state index contributed by atoms with van der Waals surface area (Å²) in [6, 6.07) is 15.8. The lowest BCUT2D eigenvalue weighted by Crippen LogP contribution is -2.48. The fourth-order valence-corrected chi connectivity index (χ4v) is 3.85. The number of imide groups is 1. The predicted octanol–water partition coefficient (Wildman–Crippen LogP) is 2.14. The van der Waals surface area contributed by atoms with Gasteiger partial charge in [0.2, 0.25) is 5.91 Å². The van der Waals surface area contributed by atoms with Crippen LogP contribution in [0.15, 0.2) is 54.6 Å². The van der Waals surface area contributed by atoms with Crippen LogP contribution in [0.2, 0.25) is 0 Å². The van der Waals surface area contributed by atoms with Gasteiger partial charge in [0.25, 0.3) is 5.91 Å². The largest absolute Gasteiger partial charge is 0.486 e. The van der Waals surface area contributed by atoms with E-state index in [1.807, 2.05) is 37.3 Å². The predicted molar refractivity (Wildman–Crippen MR) is 113 cm³/mol. The van der Waals surface area contributed by atoms with Gasteiger partial charge in [-0.1, -0.05) is 42.5 Å². The minimum Gasteiger partial charge on any atom is -0.486 e. The van der Waals surface area contributed by atoms with Crippen LogP contribution in [0.1, 0.15) is 19.4 Å². The number of hydrogen-bond acceptors (Lipinski definition) is 5. The molecule has 2 atom stereocenters. The van der Waals surface area contributed by atoms with Crippen molar-refractivity contribution in [3.8, 4) is 11.5 Å². The van der Waals surface area contributed by atoms with E-state index < -0.39 is 17.5 Å². The second-order valence-corrected chi connectivity index (χ2v) is 7.74. The van der Waals surface area contributed by atoms with Crippen molar-refractivity contribution < 1.29 is 23.9 Å². The van der Waals surface area contributed by atoms with Gasteiger partial charge >= 0.3 is 6.03 Å². The number of likely N-dealkylation sites (N-methyl/N-ethyl adjacent to an activating group) is 1. The Kier molecular flexibility index (Phi) is 5.54. The maximum Gasteiger partial charge on any atom is 0.325 e. The highest BCUT2D eigenvalue weighted by Crippen LogP contribution is 2.31. The van der Waals surface area contributed by atoms with Gasteiger partial charge in [0.15, 0.2) is 17.6 Å².